The standard InChI is InChI=1S/C32H26N2O6/c1-20-13-16-23(17-14-20)33-30(35)27-28(34(40-29(27)31(33)36)24-11-7-4-8-12-24)22-15-18-25(26(19-22)38-2)39-32(37)21-9-5-3-6-10-21/h3-19,27-29H,1-2H3/t27-,28+,29+/m0/s1. The van der Waals surface area contributed by atoms with Gasteiger partial charge in [-0.1, -0.05) is 60.2 Å². The lowest BCUT2D eigenvalue weighted by Gasteiger charge is -2.29. The van der Waals surface area contributed by atoms with Gasteiger partial charge in [-0.25, -0.2) is 14.8 Å². The second kappa shape index (κ2) is 10.3. The summed E-state index contributed by atoms with van der Waals surface area (Å²) in [6.45, 7) is 1.94. The number of methoxy groups -OCH3 is 1. The Morgan fingerprint density at radius 2 is 1.45 bits per heavy atom. The average Bonchev–Trinajstić information content (AvgIpc) is 3.50. The minimum Gasteiger partial charge on any atom is -0.493 e. The van der Waals surface area contributed by atoms with E-state index in [2.05, 4.69) is 0 Å². The van der Waals surface area contributed by atoms with Gasteiger partial charge in [0.2, 0.25) is 5.91 Å². The Hall–Kier alpha value is -4.95. The summed E-state index contributed by atoms with van der Waals surface area (Å²) in [5, 5.41) is 1.61. The fraction of sp³-hybridized carbons (Fsp3) is 0.156. The van der Waals surface area contributed by atoms with E-state index in [0.29, 0.717) is 28.3 Å². The topological polar surface area (TPSA) is 85.4 Å². The summed E-state index contributed by atoms with van der Waals surface area (Å²) in [7, 11) is 1.48. The van der Waals surface area contributed by atoms with Gasteiger partial charge in [0.05, 0.1) is 30.1 Å². The normalized spacial score (nSPS) is 20.0. The Morgan fingerprint density at radius 3 is 2.12 bits per heavy atom. The largest absolute Gasteiger partial charge is 0.493 e. The number of para-hydroxylation sites is 1. The van der Waals surface area contributed by atoms with Crippen molar-refractivity contribution in [2.24, 2.45) is 5.92 Å². The van der Waals surface area contributed by atoms with Crippen molar-refractivity contribution in [1.82, 2.24) is 0 Å². The van der Waals surface area contributed by atoms with Gasteiger partial charge in [0, 0.05) is 0 Å². The van der Waals surface area contributed by atoms with E-state index in [4.69, 9.17) is 14.3 Å². The molecule has 0 N–H and O–H groups in total. The van der Waals surface area contributed by atoms with Crippen molar-refractivity contribution in [2.45, 2.75) is 19.1 Å². The maximum Gasteiger partial charge on any atom is 0.343 e. The number of fused-ring (bicyclic) bond motifs is 1. The van der Waals surface area contributed by atoms with Gasteiger partial charge in [0.15, 0.2) is 17.6 Å². The molecule has 2 fully saturated rings. The molecule has 3 atom stereocenters. The van der Waals surface area contributed by atoms with E-state index in [1.807, 2.05) is 55.5 Å². The molecule has 4 aromatic rings. The molecule has 0 saturated carbocycles. The number of imide groups is 1. The van der Waals surface area contributed by atoms with Crippen LogP contribution in [-0.4, -0.2) is 31.0 Å². The maximum absolute atomic E-state index is 13.9. The summed E-state index contributed by atoms with van der Waals surface area (Å²) in [5.74, 6) is -1.55. The molecule has 2 saturated heterocycles. The highest BCUT2D eigenvalue weighted by Crippen LogP contribution is 2.48. The summed E-state index contributed by atoms with van der Waals surface area (Å²) >= 11 is 0. The lowest BCUT2D eigenvalue weighted by atomic mass is 9.90. The number of carbonyl (C=O) groups is 3. The molecule has 0 bridgehead atoms. The monoisotopic (exact) mass is 534 g/mol. The van der Waals surface area contributed by atoms with Crippen molar-refractivity contribution < 1.29 is 28.7 Å². The van der Waals surface area contributed by atoms with Crippen LogP contribution in [0.5, 0.6) is 11.5 Å². The average molecular weight is 535 g/mol. The Bertz CT molecular complexity index is 1570. The van der Waals surface area contributed by atoms with Crippen LogP contribution in [-0.2, 0) is 14.4 Å². The summed E-state index contributed by atoms with van der Waals surface area (Å²) in [6.07, 6.45) is -0.999. The van der Waals surface area contributed by atoms with Crippen molar-refractivity contribution in [3.8, 4) is 11.5 Å². The number of nitrogens with zero attached hydrogens (tertiary/aromatic N) is 2. The quantitative estimate of drug-likeness (QED) is 0.189. The zero-order valence-electron chi connectivity index (χ0n) is 21.9. The van der Waals surface area contributed by atoms with Gasteiger partial charge in [-0.3, -0.25) is 14.4 Å². The molecule has 0 radical (unpaired) electrons. The molecule has 2 heterocycles. The van der Waals surface area contributed by atoms with E-state index in [1.165, 1.54) is 12.0 Å². The third-order valence-electron chi connectivity index (χ3n) is 7.16. The Morgan fingerprint density at radius 1 is 0.775 bits per heavy atom. The molecule has 40 heavy (non-hydrogen) atoms. The van der Waals surface area contributed by atoms with Crippen LogP contribution in [0.3, 0.4) is 0 Å². The number of amides is 2. The number of hydrogen-bond acceptors (Lipinski definition) is 7. The van der Waals surface area contributed by atoms with Gasteiger partial charge >= 0.3 is 5.97 Å². The molecule has 2 aliphatic rings. The van der Waals surface area contributed by atoms with Crippen LogP contribution >= 0.6 is 0 Å². The first-order valence-electron chi connectivity index (χ1n) is 12.9. The van der Waals surface area contributed by atoms with Crippen molar-refractivity contribution >= 4 is 29.2 Å². The smallest absolute Gasteiger partial charge is 0.343 e. The van der Waals surface area contributed by atoms with Gasteiger partial charge in [-0.05, 0) is 61.0 Å². The highest BCUT2D eigenvalue weighted by molar-refractivity contribution is 6.23. The van der Waals surface area contributed by atoms with Crippen LogP contribution < -0.4 is 19.4 Å². The molecule has 4 aromatic carbocycles. The predicted molar refractivity (Wildman–Crippen MR) is 148 cm³/mol. The molecule has 2 aliphatic heterocycles. The summed E-state index contributed by atoms with van der Waals surface area (Å²) < 4.78 is 11.2. The molecule has 0 aliphatic carbocycles. The van der Waals surface area contributed by atoms with E-state index in [-0.39, 0.29) is 11.7 Å². The molecular weight excluding hydrogens is 508 g/mol. The molecule has 8 nitrogen and oxygen atoms in total. The summed E-state index contributed by atoms with van der Waals surface area (Å²) in [6, 6.07) is 29.7. The predicted octanol–water partition coefficient (Wildman–Crippen LogP) is 5.27. The number of esters is 1. The minimum absolute atomic E-state index is 0.233. The van der Waals surface area contributed by atoms with Crippen LogP contribution in [0.15, 0.2) is 103 Å². The maximum atomic E-state index is 13.9. The third kappa shape index (κ3) is 4.38. The van der Waals surface area contributed by atoms with Crippen LogP contribution in [0.25, 0.3) is 0 Å². The molecule has 0 unspecified atom stereocenters. The lowest BCUT2D eigenvalue weighted by Crippen LogP contribution is -2.37. The zero-order chi connectivity index (χ0) is 27.8. The number of ether oxygens (including phenoxy) is 2. The Kier molecular flexibility index (Phi) is 6.53. The minimum atomic E-state index is -0.999. The van der Waals surface area contributed by atoms with Crippen LogP contribution in [0.2, 0.25) is 0 Å². The third-order valence-corrected chi connectivity index (χ3v) is 7.16. The van der Waals surface area contributed by atoms with E-state index in [9.17, 15) is 14.4 Å². The number of anilines is 2. The van der Waals surface area contributed by atoms with E-state index < -0.39 is 29.9 Å². The molecule has 2 amide bonds. The molecule has 0 spiro atoms. The SMILES string of the molecule is COc1cc([C@@H]2[C@@H]3C(=O)N(c4ccc(C)cc4)C(=O)[C@@H]3ON2c2ccccc2)ccc1OC(=O)c1ccccc1. The van der Waals surface area contributed by atoms with Gasteiger partial charge in [-0.2, -0.15) is 0 Å². The molecule has 0 aromatic heterocycles. The highest BCUT2D eigenvalue weighted by atomic mass is 16.7. The number of rotatable bonds is 6. The van der Waals surface area contributed by atoms with Gasteiger partial charge in [-0.15, -0.1) is 0 Å². The lowest BCUT2D eigenvalue weighted by molar-refractivity contribution is -0.126. The summed E-state index contributed by atoms with van der Waals surface area (Å²) in [5.41, 5.74) is 3.29. The van der Waals surface area contributed by atoms with E-state index >= 15 is 0 Å². The molecular formula is C32H26N2O6. The molecule has 8 heteroatoms. The van der Waals surface area contributed by atoms with E-state index in [0.717, 1.165) is 5.56 Å². The number of hydroxylamine groups is 1. The zero-order valence-corrected chi connectivity index (χ0v) is 21.9. The second-order valence-corrected chi connectivity index (χ2v) is 9.67. The number of hydrogen-bond donors (Lipinski definition) is 0. The van der Waals surface area contributed by atoms with Crippen LogP contribution in [0, 0.1) is 12.8 Å². The van der Waals surface area contributed by atoms with Crippen LogP contribution in [0.4, 0.5) is 11.4 Å². The van der Waals surface area contributed by atoms with Crippen molar-refractivity contribution in [3.63, 3.8) is 0 Å². The van der Waals surface area contributed by atoms with Crippen LogP contribution in [0.1, 0.15) is 27.5 Å². The van der Waals surface area contributed by atoms with E-state index in [1.54, 1.807) is 59.7 Å². The van der Waals surface area contributed by atoms with Crippen molar-refractivity contribution in [1.29, 1.82) is 0 Å². The van der Waals surface area contributed by atoms with Crippen molar-refractivity contribution in [3.05, 3.63) is 120 Å². The second-order valence-electron chi connectivity index (χ2n) is 9.67. The fourth-order valence-electron chi connectivity index (χ4n) is 5.19. The molecule has 6 rings (SSSR count). The van der Waals surface area contributed by atoms with Crippen molar-refractivity contribution in [2.75, 3.05) is 17.1 Å². The summed E-state index contributed by atoms with van der Waals surface area (Å²) in [4.78, 5) is 47.5. The molecule has 200 valence electrons. The first-order valence-corrected chi connectivity index (χ1v) is 12.9. The Labute approximate surface area is 231 Å². The van der Waals surface area contributed by atoms with Gasteiger partial charge < -0.3 is 9.47 Å². The first kappa shape index (κ1) is 25.3. The highest BCUT2D eigenvalue weighted by Gasteiger charge is 2.60. The fourth-order valence-corrected chi connectivity index (χ4v) is 5.19. The number of benzene rings is 4. The number of carbonyl (C=O) groups excluding carboxylic acids is 3. The van der Waals surface area contributed by atoms with Gasteiger partial charge in [0.25, 0.3) is 5.91 Å². The Balaban J connectivity index is 1.38. The van der Waals surface area contributed by atoms with Gasteiger partial charge in [0.1, 0.15) is 5.92 Å². The number of aryl methyl sites for hydroxylation is 1. The first-order chi connectivity index (χ1) is 19.5.